The summed E-state index contributed by atoms with van der Waals surface area (Å²) in [5.74, 6) is -2.66. The van der Waals surface area contributed by atoms with Crippen LogP contribution in [0.15, 0.2) is 47.8 Å². The van der Waals surface area contributed by atoms with Gasteiger partial charge in [0.1, 0.15) is 0 Å². The van der Waals surface area contributed by atoms with E-state index in [1.165, 1.54) is 24.3 Å². The number of hydrogen-bond acceptors (Lipinski definition) is 4. The predicted octanol–water partition coefficient (Wildman–Crippen LogP) is 4.41. The second-order valence-electron chi connectivity index (χ2n) is 6.40. The molecule has 3 rings (SSSR count). The molecule has 0 saturated heterocycles. The summed E-state index contributed by atoms with van der Waals surface area (Å²) < 4.78 is 26.3. The van der Waals surface area contributed by atoms with Gasteiger partial charge in [-0.25, -0.2) is 13.8 Å². The van der Waals surface area contributed by atoms with Crippen molar-refractivity contribution in [3.63, 3.8) is 0 Å². The Morgan fingerprint density at radius 3 is 2.52 bits per heavy atom. The molecule has 1 aromatic heterocycles. The van der Waals surface area contributed by atoms with Crippen LogP contribution in [0.25, 0.3) is 11.3 Å². The van der Waals surface area contributed by atoms with Crippen LogP contribution in [0.4, 0.5) is 13.9 Å². The molecule has 0 saturated carbocycles. The predicted molar refractivity (Wildman–Crippen MR) is 109 cm³/mol. The number of anilines is 1. The number of carbonyl (C=O) groups excluding carboxylic acids is 2. The number of nitrogens with one attached hydrogen (secondary N) is 2. The van der Waals surface area contributed by atoms with E-state index in [-0.39, 0.29) is 11.5 Å². The molecule has 2 amide bonds. The van der Waals surface area contributed by atoms with Gasteiger partial charge in [-0.15, -0.1) is 11.3 Å². The number of hydrogen-bond donors (Lipinski definition) is 2. The SMILES string of the molecule is CC(=O)NCCCc1ccc(-c2csc(NC(=O)c3ccc(F)c(F)c3)n2)cc1. The topological polar surface area (TPSA) is 71.1 Å². The molecule has 0 radical (unpaired) electrons. The summed E-state index contributed by atoms with van der Waals surface area (Å²) in [6, 6.07) is 10.9. The highest BCUT2D eigenvalue weighted by Crippen LogP contribution is 2.26. The Hall–Kier alpha value is -3.13. The van der Waals surface area contributed by atoms with Crippen LogP contribution in [0.2, 0.25) is 0 Å². The second-order valence-corrected chi connectivity index (χ2v) is 7.26. The number of benzene rings is 2. The Labute approximate surface area is 170 Å². The Morgan fingerprint density at radius 1 is 1.07 bits per heavy atom. The highest BCUT2D eigenvalue weighted by molar-refractivity contribution is 7.14. The van der Waals surface area contributed by atoms with Crippen molar-refractivity contribution in [2.24, 2.45) is 0 Å². The Morgan fingerprint density at radius 2 is 1.83 bits per heavy atom. The average Bonchev–Trinajstić information content (AvgIpc) is 3.16. The van der Waals surface area contributed by atoms with E-state index < -0.39 is 17.5 Å². The number of aryl methyl sites for hydroxylation is 1. The highest BCUT2D eigenvalue weighted by Gasteiger charge is 2.12. The molecule has 1 heterocycles. The van der Waals surface area contributed by atoms with Gasteiger partial charge in [0.05, 0.1) is 5.69 Å². The van der Waals surface area contributed by atoms with Gasteiger partial charge in [-0.3, -0.25) is 14.9 Å². The zero-order valence-corrected chi connectivity index (χ0v) is 16.5. The monoisotopic (exact) mass is 415 g/mol. The highest BCUT2D eigenvalue weighted by atomic mass is 32.1. The van der Waals surface area contributed by atoms with E-state index >= 15 is 0 Å². The van der Waals surface area contributed by atoms with Gasteiger partial charge in [0.15, 0.2) is 16.8 Å². The minimum absolute atomic E-state index is 0.0178. The fourth-order valence-corrected chi connectivity index (χ4v) is 3.38. The third kappa shape index (κ3) is 5.68. The van der Waals surface area contributed by atoms with Crippen molar-refractivity contribution in [3.05, 3.63) is 70.6 Å². The number of halogens is 2. The summed E-state index contributed by atoms with van der Waals surface area (Å²) in [7, 11) is 0. The Kier molecular flexibility index (Phi) is 6.66. The van der Waals surface area contributed by atoms with E-state index in [4.69, 9.17) is 0 Å². The first-order chi connectivity index (χ1) is 13.9. The van der Waals surface area contributed by atoms with Crippen molar-refractivity contribution in [1.82, 2.24) is 10.3 Å². The van der Waals surface area contributed by atoms with E-state index in [0.29, 0.717) is 17.4 Å². The molecular formula is C21H19F2N3O2S. The molecule has 2 aromatic carbocycles. The van der Waals surface area contributed by atoms with Gasteiger partial charge in [-0.2, -0.15) is 0 Å². The van der Waals surface area contributed by atoms with Crippen LogP contribution in [0.3, 0.4) is 0 Å². The molecule has 8 heteroatoms. The van der Waals surface area contributed by atoms with Crippen LogP contribution in [0.1, 0.15) is 29.3 Å². The van der Waals surface area contributed by atoms with Crippen molar-refractivity contribution < 1.29 is 18.4 Å². The van der Waals surface area contributed by atoms with Crippen molar-refractivity contribution in [2.45, 2.75) is 19.8 Å². The number of carbonyl (C=O) groups is 2. The standard InChI is InChI=1S/C21H19F2N3O2S/c1-13(27)24-10-2-3-14-4-6-15(7-5-14)19-12-29-21(25-19)26-20(28)16-8-9-17(22)18(23)11-16/h4-9,11-12H,2-3,10H2,1H3,(H,24,27)(H,25,26,28). The summed E-state index contributed by atoms with van der Waals surface area (Å²) in [6.45, 7) is 2.14. The van der Waals surface area contributed by atoms with Crippen molar-refractivity contribution in [3.8, 4) is 11.3 Å². The van der Waals surface area contributed by atoms with Crippen LogP contribution in [-0.4, -0.2) is 23.3 Å². The molecule has 2 N–H and O–H groups in total. The lowest BCUT2D eigenvalue weighted by Crippen LogP contribution is -2.21. The number of rotatable bonds is 7. The van der Waals surface area contributed by atoms with E-state index in [1.54, 1.807) is 0 Å². The molecule has 0 fully saturated rings. The third-order valence-electron chi connectivity index (χ3n) is 4.17. The second kappa shape index (κ2) is 9.38. The summed E-state index contributed by atoms with van der Waals surface area (Å²) >= 11 is 1.25. The minimum atomic E-state index is -1.07. The molecular weight excluding hydrogens is 396 g/mol. The molecule has 0 atom stereocenters. The van der Waals surface area contributed by atoms with Crippen LogP contribution < -0.4 is 10.6 Å². The quantitative estimate of drug-likeness (QED) is 0.562. The Balaban J connectivity index is 1.59. The minimum Gasteiger partial charge on any atom is -0.356 e. The number of aromatic nitrogens is 1. The normalized spacial score (nSPS) is 10.6. The van der Waals surface area contributed by atoms with Crippen molar-refractivity contribution in [1.29, 1.82) is 0 Å². The maximum Gasteiger partial charge on any atom is 0.257 e. The van der Waals surface area contributed by atoms with Gasteiger partial charge in [-0.1, -0.05) is 24.3 Å². The first-order valence-electron chi connectivity index (χ1n) is 8.98. The van der Waals surface area contributed by atoms with E-state index in [2.05, 4.69) is 15.6 Å². The van der Waals surface area contributed by atoms with Crippen molar-refractivity contribution >= 4 is 28.3 Å². The molecule has 5 nitrogen and oxygen atoms in total. The smallest absolute Gasteiger partial charge is 0.257 e. The van der Waals surface area contributed by atoms with Gasteiger partial charge in [0.2, 0.25) is 5.91 Å². The molecule has 0 bridgehead atoms. The van der Waals surface area contributed by atoms with Crippen LogP contribution >= 0.6 is 11.3 Å². The average molecular weight is 415 g/mol. The lowest BCUT2D eigenvalue weighted by atomic mass is 10.1. The van der Waals surface area contributed by atoms with E-state index in [1.807, 2.05) is 29.6 Å². The zero-order chi connectivity index (χ0) is 20.8. The molecule has 0 unspecified atom stereocenters. The van der Waals surface area contributed by atoms with Crippen molar-refractivity contribution in [2.75, 3.05) is 11.9 Å². The lowest BCUT2D eigenvalue weighted by molar-refractivity contribution is -0.118. The summed E-state index contributed by atoms with van der Waals surface area (Å²) in [6.07, 6.45) is 1.71. The molecule has 29 heavy (non-hydrogen) atoms. The summed E-state index contributed by atoms with van der Waals surface area (Å²) in [5.41, 5.74) is 2.78. The van der Waals surface area contributed by atoms with Gasteiger partial charge < -0.3 is 5.32 Å². The number of amides is 2. The fraction of sp³-hybridized carbons (Fsp3) is 0.190. The van der Waals surface area contributed by atoms with Gasteiger partial charge in [0.25, 0.3) is 5.91 Å². The molecule has 0 spiro atoms. The third-order valence-corrected chi connectivity index (χ3v) is 4.93. The zero-order valence-electron chi connectivity index (χ0n) is 15.7. The first kappa shape index (κ1) is 20.6. The molecule has 0 aliphatic carbocycles. The number of nitrogens with zero attached hydrogens (tertiary/aromatic N) is 1. The first-order valence-corrected chi connectivity index (χ1v) is 9.86. The lowest BCUT2D eigenvalue weighted by Gasteiger charge is -2.04. The van der Waals surface area contributed by atoms with E-state index in [0.717, 1.165) is 36.1 Å². The molecule has 3 aromatic rings. The van der Waals surface area contributed by atoms with E-state index in [9.17, 15) is 18.4 Å². The molecule has 0 aliphatic rings. The maximum absolute atomic E-state index is 13.3. The van der Waals surface area contributed by atoms with Gasteiger partial charge in [0, 0.05) is 30.0 Å². The molecule has 0 aliphatic heterocycles. The fourth-order valence-electron chi connectivity index (χ4n) is 2.67. The van der Waals surface area contributed by atoms with Crippen LogP contribution in [0, 0.1) is 11.6 Å². The van der Waals surface area contributed by atoms with Crippen LogP contribution in [-0.2, 0) is 11.2 Å². The summed E-state index contributed by atoms with van der Waals surface area (Å²) in [4.78, 5) is 27.4. The van der Waals surface area contributed by atoms with Gasteiger partial charge >= 0.3 is 0 Å². The summed E-state index contributed by atoms with van der Waals surface area (Å²) in [5, 5.41) is 7.54. The Bertz CT molecular complexity index is 1020. The number of thiazole rings is 1. The maximum atomic E-state index is 13.3. The van der Waals surface area contributed by atoms with Gasteiger partial charge in [-0.05, 0) is 36.6 Å². The van der Waals surface area contributed by atoms with Crippen LogP contribution in [0.5, 0.6) is 0 Å². The largest absolute Gasteiger partial charge is 0.356 e. The molecule has 150 valence electrons.